The van der Waals surface area contributed by atoms with Crippen LogP contribution in [-0.2, 0) is 4.79 Å². The number of halogens is 1. The maximum atomic E-state index is 11.9. The number of likely N-dealkylation sites (N-methyl/N-ethyl adjacent to an activating group) is 1. The first-order chi connectivity index (χ1) is 12.0. The summed E-state index contributed by atoms with van der Waals surface area (Å²) in [7, 11) is 3.49. The van der Waals surface area contributed by atoms with Crippen LogP contribution < -0.4 is 10.6 Å². The SMILES string of the molecule is Cc1ccc(C(C)NC(=NCC(=O)N(C)C)NCC2CCCCC2)o1.I. The van der Waals surface area contributed by atoms with E-state index in [0.29, 0.717) is 11.9 Å². The molecule has 1 aliphatic rings. The van der Waals surface area contributed by atoms with Crippen molar-refractivity contribution < 1.29 is 9.21 Å². The maximum Gasteiger partial charge on any atom is 0.243 e. The van der Waals surface area contributed by atoms with Gasteiger partial charge in [0.2, 0.25) is 5.91 Å². The van der Waals surface area contributed by atoms with Crippen molar-refractivity contribution in [2.45, 2.75) is 52.0 Å². The van der Waals surface area contributed by atoms with Gasteiger partial charge in [0, 0.05) is 20.6 Å². The number of carbonyl (C=O) groups excluding carboxylic acids is 1. The lowest BCUT2D eigenvalue weighted by Crippen LogP contribution is -2.42. The van der Waals surface area contributed by atoms with Crippen LogP contribution >= 0.6 is 24.0 Å². The van der Waals surface area contributed by atoms with Gasteiger partial charge in [0.05, 0.1) is 6.04 Å². The van der Waals surface area contributed by atoms with E-state index in [0.717, 1.165) is 18.1 Å². The summed E-state index contributed by atoms with van der Waals surface area (Å²) in [5, 5.41) is 6.77. The van der Waals surface area contributed by atoms with Gasteiger partial charge in [-0.15, -0.1) is 24.0 Å². The number of guanidine groups is 1. The molecule has 1 aliphatic carbocycles. The topological polar surface area (TPSA) is 69.9 Å². The number of hydrogen-bond acceptors (Lipinski definition) is 3. The van der Waals surface area contributed by atoms with Crippen molar-refractivity contribution in [3.8, 4) is 0 Å². The van der Waals surface area contributed by atoms with Gasteiger partial charge >= 0.3 is 0 Å². The third kappa shape index (κ3) is 7.55. The van der Waals surface area contributed by atoms with Crippen LogP contribution in [0.4, 0.5) is 0 Å². The zero-order valence-corrected chi connectivity index (χ0v) is 18.7. The second-order valence-electron chi connectivity index (χ2n) is 7.15. The molecule has 0 aromatic carbocycles. The van der Waals surface area contributed by atoms with Gasteiger partial charge < -0.3 is 20.0 Å². The summed E-state index contributed by atoms with van der Waals surface area (Å²) in [6.45, 7) is 4.99. The molecule has 2 rings (SSSR count). The summed E-state index contributed by atoms with van der Waals surface area (Å²) in [6, 6.07) is 3.91. The summed E-state index contributed by atoms with van der Waals surface area (Å²) in [6.07, 6.45) is 6.51. The normalized spacial score (nSPS) is 16.5. The fourth-order valence-corrected chi connectivity index (χ4v) is 3.04. The number of furan rings is 1. The minimum Gasteiger partial charge on any atom is -0.464 e. The zero-order chi connectivity index (χ0) is 18.2. The summed E-state index contributed by atoms with van der Waals surface area (Å²) in [5.74, 6) is 3.10. The molecule has 0 bridgehead atoms. The Morgan fingerprint density at radius 2 is 2.00 bits per heavy atom. The van der Waals surface area contributed by atoms with E-state index in [-0.39, 0.29) is 42.5 Å². The van der Waals surface area contributed by atoms with Crippen LogP contribution in [-0.4, -0.2) is 44.0 Å². The third-order valence-electron chi connectivity index (χ3n) is 4.70. The quantitative estimate of drug-likeness (QED) is 0.375. The highest BCUT2D eigenvalue weighted by atomic mass is 127. The van der Waals surface area contributed by atoms with Gasteiger partial charge in [-0.25, -0.2) is 4.99 Å². The molecule has 0 aliphatic heterocycles. The smallest absolute Gasteiger partial charge is 0.243 e. The lowest BCUT2D eigenvalue weighted by molar-refractivity contribution is -0.127. The lowest BCUT2D eigenvalue weighted by Gasteiger charge is -2.24. The van der Waals surface area contributed by atoms with Crippen LogP contribution in [0.2, 0.25) is 0 Å². The van der Waals surface area contributed by atoms with Crippen molar-refractivity contribution in [3.63, 3.8) is 0 Å². The predicted molar refractivity (Wildman–Crippen MR) is 116 cm³/mol. The molecule has 1 unspecified atom stereocenters. The molecule has 0 radical (unpaired) electrons. The van der Waals surface area contributed by atoms with Crippen LogP contribution in [0.15, 0.2) is 21.5 Å². The molecule has 1 fully saturated rings. The molecular formula is C19H33IN4O2. The van der Waals surface area contributed by atoms with Crippen molar-refractivity contribution in [2.24, 2.45) is 10.9 Å². The monoisotopic (exact) mass is 476 g/mol. The first-order valence-corrected chi connectivity index (χ1v) is 9.27. The first-order valence-electron chi connectivity index (χ1n) is 9.27. The Morgan fingerprint density at radius 3 is 2.58 bits per heavy atom. The van der Waals surface area contributed by atoms with Crippen molar-refractivity contribution in [2.75, 3.05) is 27.2 Å². The Kier molecular flexibility index (Phi) is 10.0. The van der Waals surface area contributed by atoms with Crippen molar-refractivity contribution in [1.82, 2.24) is 15.5 Å². The molecule has 1 aromatic heterocycles. The van der Waals surface area contributed by atoms with Gasteiger partial charge in [-0.05, 0) is 44.7 Å². The van der Waals surface area contributed by atoms with E-state index in [1.807, 2.05) is 26.0 Å². The molecular weight excluding hydrogens is 443 g/mol. The van der Waals surface area contributed by atoms with E-state index in [4.69, 9.17) is 4.42 Å². The number of aryl methyl sites for hydroxylation is 1. The van der Waals surface area contributed by atoms with Crippen molar-refractivity contribution >= 4 is 35.8 Å². The van der Waals surface area contributed by atoms with E-state index >= 15 is 0 Å². The van der Waals surface area contributed by atoms with E-state index in [2.05, 4.69) is 15.6 Å². The van der Waals surface area contributed by atoms with Gasteiger partial charge in [-0.1, -0.05) is 19.3 Å². The van der Waals surface area contributed by atoms with Gasteiger partial charge in [0.15, 0.2) is 5.96 Å². The Labute approximate surface area is 174 Å². The van der Waals surface area contributed by atoms with Gasteiger partial charge in [-0.3, -0.25) is 4.79 Å². The average molecular weight is 476 g/mol. The van der Waals surface area contributed by atoms with E-state index in [1.54, 1.807) is 19.0 Å². The molecule has 1 amide bonds. The van der Waals surface area contributed by atoms with Crippen molar-refractivity contribution in [3.05, 3.63) is 23.7 Å². The number of hydrogen-bond donors (Lipinski definition) is 2. The molecule has 1 saturated carbocycles. The van der Waals surface area contributed by atoms with E-state index in [9.17, 15) is 4.79 Å². The molecule has 6 nitrogen and oxygen atoms in total. The summed E-state index contributed by atoms with van der Waals surface area (Å²) >= 11 is 0. The fourth-order valence-electron chi connectivity index (χ4n) is 3.04. The molecule has 0 spiro atoms. The predicted octanol–water partition coefficient (Wildman–Crippen LogP) is 3.47. The second kappa shape index (κ2) is 11.5. The molecule has 7 heteroatoms. The largest absolute Gasteiger partial charge is 0.464 e. The number of amides is 1. The summed E-state index contributed by atoms with van der Waals surface area (Å²) in [5.41, 5.74) is 0. The number of carbonyl (C=O) groups is 1. The van der Waals surface area contributed by atoms with Crippen LogP contribution in [0.1, 0.15) is 56.6 Å². The molecule has 26 heavy (non-hydrogen) atoms. The molecule has 0 saturated heterocycles. The summed E-state index contributed by atoms with van der Waals surface area (Å²) < 4.78 is 5.68. The Balaban J connectivity index is 0.00000338. The second-order valence-corrected chi connectivity index (χ2v) is 7.15. The molecule has 1 heterocycles. The minimum atomic E-state index is -0.0136. The Hall–Kier alpha value is -1.25. The fraction of sp³-hybridized carbons (Fsp3) is 0.684. The van der Waals surface area contributed by atoms with Gasteiger partial charge in [-0.2, -0.15) is 0 Å². The average Bonchev–Trinajstić information content (AvgIpc) is 3.04. The highest BCUT2D eigenvalue weighted by molar-refractivity contribution is 14.0. The van der Waals surface area contributed by atoms with Crippen LogP contribution in [0.3, 0.4) is 0 Å². The number of nitrogens with one attached hydrogen (secondary N) is 2. The van der Waals surface area contributed by atoms with E-state index in [1.165, 1.54) is 32.1 Å². The molecule has 148 valence electrons. The highest BCUT2D eigenvalue weighted by Crippen LogP contribution is 2.22. The minimum absolute atomic E-state index is 0. The number of rotatable bonds is 6. The third-order valence-corrected chi connectivity index (χ3v) is 4.70. The van der Waals surface area contributed by atoms with Crippen LogP contribution in [0, 0.1) is 12.8 Å². The van der Waals surface area contributed by atoms with Gasteiger partial charge in [0.1, 0.15) is 18.1 Å². The van der Waals surface area contributed by atoms with Crippen LogP contribution in [0.5, 0.6) is 0 Å². The van der Waals surface area contributed by atoms with Gasteiger partial charge in [0.25, 0.3) is 0 Å². The molecule has 2 N–H and O–H groups in total. The first kappa shape index (κ1) is 22.8. The molecule has 1 aromatic rings. The standard InChI is InChI=1S/C19H32N4O2.HI/c1-14-10-11-17(25-14)15(2)22-19(21-13-18(24)23(3)4)20-12-16-8-6-5-7-9-16;/h10-11,15-16H,5-9,12-13H2,1-4H3,(H2,20,21,22);1H. The van der Waals surface area contributed by atoms with Crippen LogP contribution in [0.25, 0.3) is 0 Å². The Bertz CT molecular complexity index is 580. The number of nitrogens with zero attached hydrogens (tertiary/aromatic N) is 2. The number of aliphatic imine (C=N–C) groups is 1. The zero-order valence-electron chi connectivity index (χ0n) is 16.4. The lowest BCUT2D eigenvalue weighted by atomic mass is 9.89. The highest BCUT2D eigenvalue weighted by Gasteiger charge is 2.16. The van der Waals surface area contributed by atoms with Crippen molar-refractivity contribution in [1.29, 1.82) is 0 Å². The Morgan fingerprint density at radius 1 is 1.31 bits per heavy atom. The maximum absolute atomic E-state index is 11.9. The van der Waals surface area contributed by atoms with E-state index < -0.39 is 0 Å². The molecule has 1 atom stereocenters. The summed E-state index contributed by atoms with van der Waals surface area (Å²) in [4.78, 5) is 17.9.